The summed E-state index contributed by atoms with van der Waals surface area (Å²) in [6.07, 6.45) is 1.86. The van der Waals surface area contributed by atoms with Crippen LogP contribution in [-0.2, 0) is 11.2 Å². The number of aromatic nitrogens is 3. The van der Waals surface area contributed by atoms with Gasteiger partial charge in [0.05, 0.1) is 19.2 Å². The van der Waals surface area contributed by atoms with Crippen LogP contribution in [0, 0.1) is 12.7 Å². The van der Waals surface area contributed by atoms with Gasteiger partial charge in [0.15, 0.2) is 17.4 Å². The highest BCUT2D eigenvalue weighted by Crippen LogP contribution is 2.27. The number of carboxylic acids is 1. The van der Waals surface area contributed by atoms with Crippen molar-refractivity contribution in [2.24, 2.45) is 0 Å². The maximum absolute atomic E-state index is 14.1. The first kappa shape index (κ1) is 18.6. The van der Waals surface area contributed by atoms with Crippen LogP contribution in [0.25, 0.3) is 28.1 Å². The molecule has 0 aliphatic carbocycles. The lowest BCUT2D eigenvalue weighted by molar-refractivity contribution is -0.136. The van der Waals surface area contributed by atoms with E-state index in [4.69, 9.17) is 9.84 Å². The molecule has 0 atom stereocenters. The number of carboxylic acid groups (broad SMARTS) is 1. The van der Waals surface area contributed by atoms with E-state index < -0.39 is 11.8 Å². The van der Waals surface area contributed by atoms with Crippen LogP contribution in [0.5, 0.6) is 5.75 Å². The van der Waals surface area contributed by atoms with Gasteiger partial charge in [-0.25, -0.2) is 14.4 Å². The number of nitrogens with zero attached hydrogens (tertiary/aromatic N) is 3. The zero-order valence-electron chi connectivity index (χ0n) is 15.9. The van der Waals surface area contributed by atoms with E-state index in [-0.39, 0.29) is 12.2 Å². The number of ether oxygens (including phenoxy) is 1. The number of methoxy groups -OCH3 is 1. The van der Waals surface area contributed by atoms with Crippen molar-refractivity contribution in [2.75, 3.05) is 7.11 Å². The van der Waals surface area contributed by atoms with Crippen LogP contribution in [0.1, 0.15) is 11.3 Å². The highest BCUT2D eigenvalue weighted by Gasteiger charge is 2.13. The third kappa shape index (κ3) is 3.54. The van der Waals surface area contributed by atoms with Gasteiger partial charge in [0.2, 0.25) is 0 Å². The molecule has 0 aliphatic rings. The second kappa shape index (κ2) is 7.35. The summed E-state index contributed by atoms with van der Waals surface area (Å²) in [4.78, 5) is 20.1. The molecule has 0 saturated carbocycles. The molecule has 4 rings (SSSR count). The Bertz CT molecular complexity index is 1220. The summed E-state index contributed by atoms with van der Waals surface area (Å²) in [5.41, 5.74) is 3.59. The summed E-state index contributed by atoms with van der Waals surface area (Å²) in [5.74, 6) is -0.768. The van der Waals surface area contributed by atoms with E-state index in [0.717, 1.165) is 22.3 Å². The minimum absolute atomic E-state index is 0.0266. The minimum Gasteiger partial charge on any atom is -0.494 e. The van der Waals surface area contributed by atoms with Gasteiger partial charge in [-0.15, -0.1) is 0 Å². The summed E-state index contributed by atoms with van der Waals surface area (Å²) in [5, 5.41) is 9.81. The molecule has 1 N–H and O–H groups in total. The van der Waals surface area contributed by atoms with Crippen LogP contribution in [0.15, 0.2) is 54.7 Å². The number of hydrogen-bond acceptors (Lipinski definition) is 4. The maximum atomic E-state index is 14.1. The standard InChI is InChI=1S/C22H18FN3O3/c1-13-17-9-10-26(16-6-3-14(4-7-16)11-20(27)28)22(17)25-21(24-13)15-5-8-19(29-2)18(23)12-15/h3-10,12H,11H2,1-2H3,(H,27,28). The molecular formula is C22H18FN3O3. The van der Waals surface area contributed by atoms with Crippen molar-refractivity contribution >= 4 is 17.0 Å². The Labute approximate surface area is 166 Å². The van der Waals surface area contributed by atoms with E-state index in [1.54, 1.807) is 24.3 Å². The Balaban J connectivity index is 1.79. The number of carbonyl (C=O) groups is 1. The van der Waals surface area contributed by atoms with E-state index in [9.17, 15) is 9.18 Å². The molecule has 0 amide bonds. The van der Waals surface area contributed by atoms with Crippen molar-refractivity contribution in [3.05, 3.63) is 71.8 Å². The van der Waals surface area contributed by atoms with Gasteiger partial charge in [-0.05, 0) is 48.9 Å². The van der Waals surface area contributed by atoms with Crippen LogP contribution in [-0.4, -0.2) is 32.7 Å². The number of hydrogen-bond donors (Lipinski definition) is 1. The Morgan fingerprint density at radius 3 is 2.55 bits per heavy atom. The molecule has 0 unspecified atom stereocenters. The highest BCUT2D eigenvalue weighted by atomic mass is 19.1. The molecule has 0 bridgehead atoms. The van der Waals surface area contributed by atoms with Crippen molar-refractivity contribution in [3.8, 4) is 22.8 Å². The van der Waals surface area contributed by atoms with Crippen LogP contribution in [0.4, 0.5) is 4.39 Å². The van der Waals surface area contributed by atoms with Crippen LogP contribution in [0.3, 0.4) is 0 Å². The monoisotopic (exact) mass is 391 g/mol. The summed E-state index contributed by atoms with van der Waals surface area (Å²) >= 11 is 0. The van der Waals surface area contributed by atoms with Gasteiger partial charge < -0.3 is 14.4 Å². The minimum atomic E-state index is -0.871. The van der Waals surface area contributed by atoms with Crippen molar-refractivity contribution in [2.45, 2.75) is 13.3 Å². The van der Waals surface area contributed by atoms with Gasteiger partial charge in [0, 0.05) is 22.8 Å². The highest BCUT2D eigenvalue weighted by molar-refractivity contribution is 5.82. The number of halogens is 1. The topological polar surface area (TPSA) is 77.2 Å². The molecule has 146 valence electrons. The Morgan fingerprint density at radius 2 is 1.90 bits per heavy atom. The SMILES string of the molecule is COc1ccc(-c2nc(C)c3ccn(-c4ccc(CC(=O)O)cc4)c3n2)cc1F. The molecular weight excluding hydrogens is 373 g/mol. The lowest BCUT2D eigenvalue weighted by Gasteiger charge is -2.09. The molecule has 6 nitrogen and oxygen atoms in total. The number of fused-ring (bicyclic) bond motifs is 1. The maximum Gasteiger partial charge on any atom is 0.307 e. The molecule has 2 heterocycles. The quantitative estimate of drug-likeness (QED) is 0.552. The lowest BCUT2D eigenvalue weighted by atomic mass is 10.1. The van der Waals surface area contributed by atoms with E-state index in [0.29, 0.717) is 17.0 Å². The number of aryl methyl sites for hydroxylation is 1. The van der Waals surface area contributed by atoms with Gasteiger partial charge >= 0.3 is 5.97 Å². The number of aliphatic carboxylic acids is 1. The molecule has 0 spiro atoms. The Kier molecular flexibility index (Phi) is 4.72. The summed E-state index contributed by atoms with van der Waals surface area (Å²) < 4.78 is 21.0. The fourth-order valence-corrected chi connectivity index (χ4v) is 3.26. The van der Waals surface area contributed by atoms with Gasteiger partial charge in [-0.1, -0.05) is 12.1 Å². The Hall–Kier alpha value is -3.74. The first-order chi connectivity index (χ1) is 14.0. The van der Waals surface area contributed by atoms with Gasteiger partial charge in [-0.3, -0.25) is 4.79 Å². The molecule has 0 saturated heterocycles. The smallest absolute Gasteiger partial charge is 0.307 e. The van der Waals surface area contributed by atoms with E-state index in [1.165, 1.54) is 13.2 Å². The Morgan fingerprint density at radius 1 is 1.14 bits per heavy atom. The van der Waals surface area contributed by atoms with Crippen molar-refractivity contribution in [3.63, 3.8) is 0 Å². The van der Waals surface area contributed by atoms with Crippen molar-refractivity contribution in [1.29, 1.82) is 0 Å². The molecule has 0 fully saturated rings. The zero-order valence-corrected chi connectivity index (χ0v) is 15.9. The summed E-state index contributed by atoms with van der Waals surface area (Å²) in [6, 6.07) is 13.8. The molecule has 29 heavy (non-hydrogen) atoms. The molecule has 0 aliphatic heterocycles. The fraction of sp³-hybridized carbons (Fsp3) is 0.136. The molecule has 0 radical (unpaired) electrons. The average Bonchev–Trinajstić information content (AvgIpc) is 3.12. The van der Waals surface area contributed by atoms with Crippen LogP contribution >= 0.6 is 0 Å². The van der Waals surface area contributed by atoms with E-state index in [2.05, 4.69) is 9.97 Å². The van der Waals surface area contributed by atoms with Crippen LogP contribution in [0.2, 0.25) is 0 Å². The number of rotatable bonds is 5. The second-order valence-corrected chi connectivity index (χ2v) is 6.64. The fourth-order valence-electron chi connectivity index (χ4n) is 3.26. The van der Waals surface area contributed by atoms with Crippen molar-refractivity contribution < 1.29 is 19.0 Å². The molecule has 4 aromatic rings. The average molecular weight is 391 g/mol. The van der Waals surface area contributed by atoms with Gasteiger partial charge in [0.25, 0.3) is 0 Å². The third-order valence-electron chi connectivity index (χ3n) is 4.71. The molecule has 7 heteroatoms. The van der Waals surface area contributed by atoms with Gasteiger partial charge in [-0.2, -0.15) is 0 Å². The summed E-state index contributed by atoms with van der Waals surface area (Å²) in [6.45, 7) is 1.88. The largest absolute Gasteiger partial charge is 0.494 e. The zero-order chi connectivity index (χ0) is 20.5. The first-order valence-corrected chi connectivity index (χ1v) is 8.97. The lowest BCUT2D eigenvalue weighted by Crippen LogP contribution is -2.01. The predicted octanol–water partition coefficient (Wildman–Crippen LogP) is 4.17. The van der Waals surface area contributed by atoms with E-state index in [1.807, 2.05) is 35.9 Å². The third-order valence-corrected chi connectivity index (χ3v) is 4.71. The van der Waals surface area contributed by atoms with Crippen LogP contribution < -0.4 is 4.74 Å². The predicted molar refractivity (Wildman–Crippen MR) is 107 cm³/mol. The molecule has 2 aromatic carbocycles. The summed E-state index contributed by atoms with van der Waals surface area (Å²) in [7, 11) is 1.42. The van der Waals surface area contributed by atoms with E-state index >= 15 is 0 Å². The van der Waals surface area contributed by atoms with Crippen molar-refractivity contribution in [1.82, 2.24) is 14.5 Å². The molecule has 2 aromatic heterocycles. The number of benzene rings is 2. The van der Waals surface area contributed by atoms with Gasteiger partial charge in [0.1, 0.15) is 5.65 Å². The first-order valence-electron chi connectivity index (χ1n) is 8.97. The second-order valence-electron chi connectivity index (χ2n) is 6.64. The normalized spacial score (nSPS) is 11.0.